The Morgan fingerprint density at radius 2 is 2.47 bits per heavy atom. The summed E-state index contributed by atoms with van der Waals surface area (Å²) >= 11 is 5.77. The molecule has 0 amide bonds. The van der Waals surface area contributed by atoms with Crippen molar-refractivity contribution < 1.29 is 0 Å². The van der Waals surface area contributed by atoms with E-state index in [9.17, 15) is 0 Å². The molecule has 0 saturated carbocycles. The van der Waals surface area contributed by atoms with Crippen molar-refractivity contribution in [1.29, 1.82) is 0 Å². The first kappa shape index (κ1) is 10.6. The maximum atomic E-state index is 5.77. The first-order chi connectivity index (χ1) is 7.24. The third kappa shape index (κ3) is 3.04. The first-order valence-electron chi connectivity index (χ1n) is 5.22. The minimum atomic E-state index is 0.303. The zero-order valence-corrected chi connectivity index (χ0v) is 9.51. The van der Waals surface area contributed by atoms with Gasteiger partial charge in [-0.15, -0.1) is 0 Å². The second-order valence-corrected chi connectivity index (χ2v) is 4.18. The largest absolute Gasteiger partial charge is 0.368 e. The maximum Gasteiger partial charge on any atom is 0.224 e. The Labute approximate surface area is 94.5 Å². The van der Waals surface area contributed by atoms with Crippen LogP contribution < -0.4 is 10.6 Å². The molecule has 5 heteroatoms. The van der Waals surface area contributed by atoms with Gasteiger partial charge in [-0.25, -0.2) is 9.97 Å². The molecule has 1 saturated heterocycles. The van der Waals surface area contributed by atoms with E-state index in [1.54, 1.807) is 0 Å². The summed E-state index contributed by atoms with van der Waals surface area (Å²) in [7, 11) is 0. The van der Waals surface area contributed by atoms with E-state index in [-0.39, 0.29) is 0 Å². The standard InChI is InChI=1S/C10H15ClN4/c1-7-5-9(15-10(11)14-7)13-6-8-3-2-4-12-8/h5,8,12H,2-4,6H2,1H3,(H,13,14,15)/t8-/m0/s1. The SMILES string of the molecule is Cc1cc(NC[C@@H]2CCCN2)nc(Cl)n1. The molecule has 15 heavy (non-hydrogen) atoms. The van der Waals surface area contributed by atoms with Crippen molar-refractivity contribution >= 4 is 17.4 Å². The number of hydrogen-bond acceptors (Lipinski definition) is 4. The van der Waals surface area contributed by atoms with E-state index in [1.165, 1.54) is 12.8 Å². The summed E-state index contributed by atoms with van der Waals surface area (Å²) in [5.41, 5.74) is 0.886. The van der Waals surface area contributed by atoms with Crippen molar-refractivity contribution in [3.05, 3.63) is 17.0 Å². The number of halogens is 1. The molecule has 1 atom stereocenters. The van der Waals surface area contributed by atoms with Crippen molar-refractivity contribution in [1.82, 2.24) is 15.3 Å². The highest BCUT2D eigenvalue weighted by molar-refractivity contribution is 6.28. The van der Waals surface area contributed by atoms with E-state index >= 15 is 0 Å². The Hall–Kier alpha value is -0.870. The Balaban J connectivity index is 1.92. The highest BCUT2D eigenvalue weighted by Gasteiger charge is 2.13. The van der Waals surface area contributed by atoms with Crippen LogP contribution in [0, 0.1) is 6.92 Å². The van der Waals surface area contributed by atoms with Gasteiger partial charge in [0, 0.05) is 24.3 Å². The molecule has 1 aromatic heterocycles. The molecule has 2 rings (SSSR count). The predicted octanol–water partition coefficient (Wildman–Crippen LogP) is 1.60. The molecule has 0 radical (unpaired) electrons. The summed E-state index contributed by atoms with van der Waals surface area (Å²) in [6.07, 6.45) is 2.49. The van der Waals surface area contributed by atoms with Crippen LogP contribution in [0.15, 0.2) is 6.07 Å². The average Bonchev–Trinajstić information content (AvgIpc) is 2.65. The van der Waals surface area contributed by atoms with Crippen LogP contribution >= 0.6 is 11.6 Å². The zero-order chi connectivity index (χ0) is 10.7. The molecule has 0 spiro atoms. The van der Waals surface area contributed by atoms with Crippen molar-refractivity contribution in [3.63, 3.8) is 0 Å². The molecule has 0 aromatic carbocycles. The quantitative estimate of drug-likeness (QED) is 0.769. The molecule has 1 aromatic rings. The molecular weight excluding hydrogens is 212 g/mol. The van der Waals surface area contributed by atoms with Gasteiger partial charge in [0.25, 0.3) is 0 Å². The van der Waals surface area contributed by atoms with Crippen molar-refractivity contribution in [2.75, 3.05) is 18.4 Å². The van der Waals surface area contributed by atoms with Crippen LogP contribution in [0.25, 0.3) is 0 Å². The Kier molecular flexibility index (Phi) is 3.38. The molecule has 1 fully saturated rings. The fraction of sp³-hybridized carbons (Fsp3) is 0.600. The first-order valence-corrected chi connectivity index (χ1v) is 5.60. The van der Waals surface area contributed by atoms with Crippen LogP contribution in [-0.4, -0.2) is 29.1 Å². The number of hydrogen-bond donors (Lipinski definition) is 2. The number of aryl methyl sites for hydroxylation is 1. The monoisotopic (exact) mass is 226 g/mol. The molecule has 0 aliphatic carbocycles. The summed E-state index contributed by atoms with van der Waals surface area (Å²) in [4.78, 5) is 8.12. The maximum absolute atomic E-state index is 5.77. The van der Waals surface area contributed by atoms with E-state index in [4.69, 9.17) is 11.6 Å². The molecule has 2 heterocycles. The van der Waals surface area contributed by atoms with E-state index in [0.29, 0.717) is 11.3 Å². The Morgan fingerprint density at radius 3 is 3.13 bits per heavy atom. The molecule has 0 unspecified atom stereocenters. The summed E-state index contributed by atoms with van der Waals surface area (Å²) in [5.74, 6) is 0.807. The lowest BCUT2D eigenvalue weighted by Crippen LogP contribution is -2.29. The van der Waals surface area contributed by atoms with Gasteiger partial charge in [-0.3, -0.25) is 0 Å². The van der Waals surface area contributed by atoms with Crippen LogP contribution in [0.5, 0.6) is 0 Å². The van der Waals surface area contributed by atoms with Gasteiger partial charge in [0.15, 0.2) is 0 Å². The summed E-state index contributed by atoms with van der Waals surface area (Å²) < 4.78 is 0. The van der Waals surface area contributed by atoms with Crippen LogP contribution in [0.1, 0.15) is 18.5 Å². The number of rotatable bonds is 3. The Morgan fingerprint density at radius 1 is 1.60 bits per heavy atom. The fourth-order valence-electron chi connectivity index (χ4n) is 1.78. The molecular formula is C10H15ClN4. The van der Waals surface area contributed by atoms with Gasteiger partial charge < -0.3 is 10.6 Å². The van der Waals surface area contributed by atoms with E-state index < -0.39 is 0 Å². The third-order valence-electron chi connectivity index (χ3n) is 2.52. The van der Waals surface area contributed by atoms with Gasteiger partial charge in [-0.1, -0.05) is 0 Å². The lowest BCUT2D eigenvalue weighted by Gasteiger charge is -2.12. The number of nitrogens with zero attached hydrogens (tertiary/aromatic N) is 2. The molecule has 4 nitrogen and oxygen atoms in total. The summed E-state index contributed by atoms with van der Waals surface area (Å²) in [6.45, 7) is 3.93. The van der Waals surface area contributed by atoms with Crippen LogP contribution in [-0.2, 0) is 0 Å². The topological polar surface area (TPSA) is 49.8 Å². The Bertz CT molecular complexity index is 316. The van der Waals surface area contributed by atoms with Gasteiger partial charge in [0.2, 0.25) is 5.28 Å². The minimum absolute atomic E-state index is 0.303. The van der Waals surface area contributed by atoms with Gasteiger partial charge in [0.05, 0.1) is 0 Å². The highest BCUT2D eigenvalue weighted by Crippen LogP contribution is 2.11. The molecule has 1 aliphatic heterocycles. The average molecular weight is 227 g/mol. The normalized spacial score (nSPS) is 20.5. The van der Waals surface area contributed by atoms with E-state index in [2.05, 4.69) is 20.6 Å². The second kappa shape index (κ2) is 4.77. The van der Waals surface area contributed by atoms with Crippen molar-refractivity contribution in [2.45, 2.75) is 25.8 Å². The van der Waals surface area contributed by atoms with E-state index in [0.717, 1.165) is 24.6 Å². The summed E-state index contributed by atoms with van der Waals surface area (Å²) in [6, 6.07) is 2.46. The van der Waals surface area contributed by atoms with Crippen molar-refractivity contribution in [2.24, 2.45) is 0 Å². The number of aromatic nitrogens is 2. The highest BCUT2D eigenvalue weighted by atomic mass is 35.5. The van der Waals surface area contributed by atoms with Gasteiger partial charge in [-0.2, -0.15) is 0 Å². The van der Waals surface area contributed by atoms with Crippen LogP contribution in [0.2, 0.25) is 5.28 Å². The third-order valence-corrected chi connectivity index (χ3v) is 2.69. The molecule has 1 aliphatic rings. The number of nitrogens with one attached hydrogen (secondary N) is 2. The molecule has 0 bridgehead atoms. The van der Waals surface area contributed by atoms with E-state index in [1.807, 2.05) is 13.0 Å². The smallest absolute Gasteiger partial charge is 0.224 e. The van der Waals surface area contributed by atoms with Gasteiger partial charge in [-0.05, 0) is 37.9 Å². The lowest BCUT2D eigenvalue weighted by atomic mass is 10.2. The fourth-order valence-corrected chi connectivity index (χ4v) is 2.01. The van der Waals surface area contributed by atoms with Crippen LogP contribution in [0.3, 0.4) is 0 Å². The molecule has 2 N–H and O–H groups in total. The number of anilines is 1. The zero-order valence-electron chi connectivity index (χ0n) is 8.76. The second-order valence-electron chi connectivity index (χ2n) is 3.84. The van der Waals surface area contributed by atoms with Crippen LogP contribution in [0.4, 0.5) is 5.82 Å². The minimum Gasteiger partial charge on any atom is -0.368 e. The lowest BCUT2D eigenvalue weighted by molar-refractivity contribution is 0.632. The summed E-state index contributed by atoms with van der Waals surface area (Å²) in [5, 5.41) is 6.99. The van der Waals surface area contributed by atoms with Crippen molar-refractivity contribution in [3.8, 4) is 0 Å². The predicted molar refractivity (Wildman–Crippen MR) is 61.3 cm³/mol. The van der Waals surface area contributed by atoms with Gasteiger partial charge in [0.1, 0.15) is 5.82 Å². The van der Waals surface area contributed by atoms with Gasteiger partial charge >= 0.3 is 0 Å². The molecule has 82 valence electrons.